The Bertz CT molecular complexity index is 503. The molecule has 2 rings (SSSR count). The first-order valence-electron chi connectivity index (χ1n) is 6.12. The molecule has 1 aromatic carbocycles. The number of fused-ring (bicyclic) bond motifs is 1. The summed E-state index contributed by atoms with van der Waals surface area (Å²) < 4.78 is 0. The van der Waals surface area contributed by atoms with Crippen molar-refractivity contribution in [2.75, 3.05) is 13.1 Å². The zero-order valence-corrected chi connectivity index (χ0v) is 10.2. The van der Waals surface area contributed by atoms with Gasteiger partial charge in [0.1, 0.15) is 0 Å². The van der Waals surface area contributed by atoms with Crippen LogP contribution >= 0.6 is 0 Å². The zero-order valence-electron chi connectivity index (χ0n) is 10.2. The molecule has 0 radical (unpaired) electrons. The molecule has 1 heterocycles. The van der Waals surface area contributed by atoms with E-state index in [0.29, 0.717) is 0 Å². The molecule has 1 aromatic heterocycles. The number of aromatic nitrogens is 1. The van der Waals surface area contributed by atoms with Gasteiger partial charge in [-0.05, 0) is 37.2 Å². The summed E-state index contributed by atoms with van der Waals surface area (Å²) in [6.45, 7) is 4.20. The maximum Gasteiger partial charge on any atom is 0.0707 e. The van der Waals surface area contributed by atoms with Gasteiger partial charge in [-0.15, -0.1) is 0 Å². The molecule has 0 saturated carbocycles. The van der Waals surface area contributed by atoms with Crippen LogP contribution in [0.2, 0.25) is 0 Å². The van der Waals surface area contributed by atoms with E-state index < -0.39 is 0 Å². The molecule has 0 aliphatic carbocycles. The first-order valence-corrected chi connectivity index (χ1v) is 6.12. The van der Waals surface area contributed by atoms with Gasteiger partial charge in [0.25, 0.3) is 0 Å². The highest BCUT2D eigenvalue weighted by atomic mass is 14.8. The molecule has 2 aromatic rings. The van der Waals surface area contributed by atoms with E-state index in [-0.39, 0.29) is 0 Å². The molecular weight excluding hydrogens is 208 g/mol. The molecule has 1 N–H and O–H groups in total. The van der Waals surface area contributed by atoms with Gasteiger partial charge in [-0.3, -0.25) is 4.98 Å². The maximum atomic E-state index is 4.35. The van der Waals surface area contributed by atoms with Gasteiger partial charge in [0.2, 0.25) is 0 Å². The summed E-state index contributed by atoms with van der Waals surface area (Å²) in [7, 11) is 0. The Morgan fingerprint density at radius 2 is 2.24 bits per heavy atom. The second-order valence-electron chi connectivity index (χ2n) is 4.00. The molecule has 0 spiro atoms. The molecule has 0 aliphatic rings. The molecule has 0 unspecified atom stereocenters. The average Bonchev–Trinajstić information content (AvgIpc) is 2.38. The highest BCUT2D eigenvalue weighted by Crippen LogP contribution is 2.14. The number of nitrogens with zero attached hydrogens (tertiary/aromatic N) is 1. The molecule has 0 amide bonds. The smallest absolute Gasteiger partial charge is 0.0707 e. The van der Waals surface area contributed by atoms with E-state index in [4.69, 9.17) is 0 Å². The molecule has 88 valence electrons. The highest BCUT2D eigenvalue weighted by Gasteiger charge is 1.93. The third-order valence-corrected chi connectivity index (χ3v) is 2.68. The Morgan fingerprint density at radius 1 is 1.29 bits per heavy atom. The van der Waals surface area contributed by atoms with Crippen LogP contribution < -0.4 is 5.32 Å². The lowest BCUT2D eigenvalue weighted by Crippen LogP contribution is -2.12. The van der Waals surface area contributed by atoms with Crippen molar-refractivity contribution in [1.82, 2.24) is 10.3 Å². The van der Waals surface area contributed by atoms with Gasteiger partial charge in [-0.1, -0.05) is 37.3 Å². The van der Waals surface area contributed by atoms with Crippen LogP contribution in [0.25, 0.3) is 17.0 Å². The Hall–Kier alpha value is -1.67. The second-order valence-corrected chi connectivity index (χ2v) is 4.00. The topological polar surface area (TPSA) is 24.9 Å². The van der Waals surface area contributed by atoms with Gasteiger partial charge >= 0.3 is 0 Å². The SMILES string of the molecule is CCNCC/C=C/c1ccc2cccnc2c1. The van der Waals surface area contributed by atoms with Gasteiger partial charge in [0.15, 0.2) is 0 Å². The van der Waals surface area contributed by atoms with Crippen LogP contribution in [0.1, 0.15) is 18.9 Å². The van der Waals surface area contributed by atoms with Crippen molar-refractivity contribution in [3.8, 4) is 0 Å². The highest BCUT2D eigenvalue weighted by molar-refractivity contribution is 5.80. The number of benzene rings is 1. The Morgan fingerprint density at radius 3 is 3.12 bits per heavy atom. The summed E-state index contributed by atoms with van der Waals surface area (Å²) in [5.74, 6) is 0. The molecule has 2 heteroatoms. The standard InChI is InChI=1S/C15H18N2/c1-2-16-10-4-3-6-13-8-9-14-7-5-11-17-15(14)12-13/h3,5-9,11-12,16H,2,4,10H2,1H3/b6-3+. The van der Waals surface area contributed by atoms with E-state index in [1.54, 1.807) is 0 Å². The van der Waals surface area contributed by atoms with Crippen LogP contribution in [0.3, 0.4) is 0 Å². The predicted octanol–water partition coefficient (Wildman–Crippen LogP) is 3.25. The fourth-order valence-electron chi connectivity index (χ4n) is 1.77. The van der Waals surface area contributed by atoms with E-state index in [9.17, 15) is 0 Å². The molecule has 0 saturated heterocycles. The van der Waals surface area contributed by atoms with E-state index in [1.165, 1.54) is 10.9 Å². The second kappa shape index (κ2) is 6.16. The Labute approximate surface area is 102 Å². The van der Waals surface area contributed by atoms with Crippen LogP contribution in [0.4, 0.5) is 0 Å². The maximum absolute atomic E-state index is 4.35. The van der Waals surface area contributed by atoms with Crippen molar-refractivity contribution < 1.29 is 0 Å². The van der Waals surface area contributed by atoms with Crippen molar-refractivity contribution in [3.63, 3.8) is 0 Å². The number of rotatable bonds is 5. The average molecular weight is 226 g/mol. The predicted molar refractivity (Wildman–Crippen MR) is 73.9 cm³/mol. The molecule has 0 atom stereocenters. The van der Waals surface area contributed by atoms with Crippen LogP contribution in [-0.2, 0) is 0 Å². The lowest BCUT2D eigenvalue weighted by Gasteiger charge is -1.99. The van der Waals surface area contributed by atoms with Crippen LogP contribution in [0, 0.1) is 0 Å². The lowest BCUT2D eigenvalue weighted by atomic mass is 10.1. The zero-order chi connectivity index (χ0) is 11.9. The number of hydrogen-bond donors (Lipinski definition) is 1. The summed E-state index contributed by atoms with van der Waals surface area (Å²) in [5.41, 5.74) is 2.27. The minimum absolute atomic E-state index is 1.04. The van der Waals surface area contributed by atoms with Gasteiger partial charge in [-0.2, -0.15) is 0 Å². The van der Waals surface area contributed by atoms with Crippen molar-refractivity contribution in [2.24, 2.45) is 0 Å². The fourth-order valence-corrected chi connectivity index (χ4v) is 1.77. The van der Waals surface area contributed by atoms with Crippen LogP contribution in [0.15, 0.2) is 42.6 Å². The van der Waals surface area contributed by atoms with E-state index in [1.807, 2.05) is 12.3 Å². The van der Waals surface area contributed by atoms with Crippen molar-refractivity contribution in [1.29, 1.82) is 0 Å². The van der Waals surface area contributed by atoms with Gasteiger partial charge in [0.05, 0.1) is 5.52 Å². The summed E-state index contributed by atoms with van der Waals surface area (Å²) in [6, 6.07) is 10.4. The summed E-state index contributed by atoms with van der Waals surface area (Å²) >= 11 is 0. The Balaban J connectivity index is 2.04. The van der Waals surface area contributed by atoms with Crippen LogP contribution in [-0.4, -0.2) is 18.1 Å². The van der Waals surface area contributed by atoms with Gasteiger partial charge in [-0.25, -0.2) is 0 Å². The molecular formula is C15H18N2. The first-order chi connectivity index (χ1) is 8.40. The number of nitrogens with one attached hydrogen (secondary N) is 1. The van der Waals surface area contributed by atoms with E-state index >= 15 is 0 Å². The van der Waals surface area contributed by atoms with Crippen molar-refractivity contribution >= 4 is 17.0 Å². The lowest BCUT2D eigenvalue weighted by molar-refractivity contribution is 0.727. The fraction of sp³-hybridized carbons (Fsp3) is 0.267. The first kappa shape index (κ1) is 11.8. The summed E-state index contributed by atoms with van der Waals surface area (Å²) in [6.07, 6.45) is 7.26. The molecule has 0 bridgehead atoms. The monoisotopic (exact) mass is 226 g/mol. The summed E-state index contributed by atoms with van der Waals surface area (Å²) in [5, 5.41) is 4.49. The quantitative estimate of drug-likeness (QED) is 0.792. The molecule has 2 nitrogen and oxygen atoms in total. The third kappa shape index (κ3) is 3.40. The van der Waals surface area contributed by atoms with Gasteiger partial charge in [0, 0.05) is 11.6 Å². The number of pyridine rings is 1. The van der Waals surface area contributed by atoms with E-state index in [2.05, 4.69) is 53.6 Å². The Kier molecular flexibility index (Phi) is 4.28. The third-order valence-electron chi connectivity index (χ3n) is 2.68. The van der Waals surface area contributed by atoms with Crippen molar-refractivity contribution in [3.05, 3.63) is 48.2 Å². The van der Waals surface area contributed by atoms with Crippen LogP contribution in [0.5, 0.6) is 0 Å². The normalized spacial score (nSPS) is 11.4. The van der Waals surface area contributed by atoms with Crippen molar-refractivity contribution in [2.45, 2.75) is 13.3 Å². The molecule has 0 aliphatic heterocycles. The molecule has 17 heavy (non-hydrogen) atoms. The summed E-state index contributed by atoms with van der Waals surface area (Å²) in [4.78, 5) is 4.35. The van der Waals surface area contributed by atoms with E-state index in [0.717, 1.165) is 25.0 Å². The number of hydrogen-bond acceptors (Lipinski definition) is 2. The minimum Gasteiger partial charge on any atom is -0.317 e. The largest absolute Gasteiger partial charge is 0.317 e. The molecule has 0 fully saturated rings. The minimum atomic E-state index is 1.04. The van der Waals surface area contributed by atoms with Gasteiger partial charge < -0.3 is 5.32 Å².